The van der Waals surface area contributed by atoms with Gasteiger partial charge in [-0.2, -0.15) is 0 Å². The Hall–Kier alpha value is -4.05. The zero-order chi connectivity index (χ0) is 20.5. The lowest BCUT2D eigenvalue weighted by atomic mass is 9.95. The number of ketones is 1. The number of hydrogen-bond donors (Lipinski definition) is 0. The van der Waals surface area contributed by atoms with E-state index in [1.165, 1.54) is 5.56 Å². The lowest BCUT2D eigenvalue weighted by Gasteiger charge is -2.07. The highest BCUT2D eigenvalue weighted by Crippen LogP contribution is 2.26. The molecule has 0 bridgehead atoms. The van der Waals surface area contributed by atoms with Crippen LogP contribution in [0.15, 0.2) is 97.2 Å². The van der Waals surface area contributed by atoms with Crippen molar-refractivity contribution in [2.45, 2.75) is 6.92 Å². The van der Waals surface area contributed by atoms with E-state index in [4.69, 9.17) is 0 Å². The predicted molar refractivity (Wildman–Crippen MR) is 119 cm³/mol. The van der Waals surface area contributed by atoms with Gasteiger partial charge in [0.05, 0.1) is 11.9 Å². The first kappa shape index (κ1) is 18.0. The van der Waals surface area contributed by atoms with Crippen LogP contribution >= 0.6 is 0 Å². The third-order valence-electron chi connectivity index (χ3n) is 5.25. The summed E-state index contributed by atoms with van der Waals surface area (Å²) in [6, 6.07) is 29.5. The lowest BCUT2D eigenvalue weighted by Crippen LogP contribution is -2.03. The smallest absolute Gasteiger partial charge is 0.193 e. The molecule has 144 valence electrons. The molecule has 30 heavy (non-hydrogen) atoms. The van der Waals surface area contributed by atoms with Crippen molar-refractivity contribution < 1.29 is 4.79 Å². The molecule has 4 heteroatoms. The number of fused-ring (bicyclic) bond motifs is 1. The van der Waals surface area contributed by atoms with Crippen molar-refractivity contribution in [3.63, 3.8) is 0 Å². The van der Waals surface area contributed by atoms with Gasteiger partial charge in [0, 0.05) is 16.7 Å². The molecule has 5 rings (SSSR count). The molecule has 0 aliphatic carbocycles. The Bertz CT molecular complexity index is 1370. The average Bonchev–Trinajstić information content (AvgIpc) is 3.29. The third-order valence-corrected chi connectivity index (χ3v) is 5.25. The molecule has 0 N–H and O–H groups in total. The molecular formula is C26H19N3O. The van der Waals surface area contributed by atoms with E-state index in [1.54, 1.807) is 4.68 Å². The molecule has 1 heterocycles. The molecule has 0 aliphatic rings. The minimum atomic E-state index is -0.0266. The maximum atomic E-state index is 13.3. The molecule has 0 saturated carbocycles. The van der Waals surface area contributed by atoms with E-state index >= 15 is 0 Å². The van der Waals surface area contributed by atoms with Gasteiger partial charge >= 0.3 is 0 Å². The fourth-order valence-electron chi connectivity index (χ4n) is 3.60. The predicted octanol–water partition coefficient (Wildman–Crippen LogP) is 5.63. The van der Waals surface area contributed by atoms with E-state index in [0.29, 0.717) is 16.8 Å². The van der Waals surface area contributed by atoms with Crippen molar-refractivity contribution in [1.29, 1.82) is 0 Å². The minimum Gasteiger partial charge on any atom is -0.289 e. The Morgan fingerprint density at radius 3 is 2.37 bits per heavy atom. The maximum absolute atomic E-state index is 13.3. The second-order valence-electron chi connectivity index (χ2n) is 7.32. The van der Waals surface area contributed by atoms with Crippen LogP contribution in [0.25, 0.3) is 27.7 Å². The van der Waals surface area contributed by atoms with E-state index in [1.807, 2.05) is 104 Å². The Labute approximate surface area is 174 Å². The molecule has 4 aromatic carbocycles. The fourth-order valence-corrected chi connectivity index (χ4v) is 3.60. The van der Waals surface area contributed by atoms with Gasteiger partial charge in [-0.25, -0.2) is 4.68 Å². The molecule has 0 unspecified atom stereocenters. The first-order valence-corrected chi connectivity index (χ1v) is 9.81. The average molecular weight is 389 g/mol. The summed E-state index contributed by atoms with van der Waals surface area (Å²) in [4.78, 5) is 13.3. The number of carbonyl (C=O) groups excluding carboxylic acids is 1. The van der Waals surface area contributed by atoms with Crippen molar-refractivity contribution in [2.75, 3.05) is 0 Å². The minimum absolute atomic E-state index is 0.0266. The van der Waals surface area contributed by atoms with Crippen LogP contribution in [0.2, 0.25) is 0 Å². The first-order chi connectivity index (χ1) is 14.7. The maximum Gasteiger partial charge on any atom is 0.193 e. The number of carbonyl (C=O) groups is 1. The van der Waals surface area contributed by atoms with Gasteiger partial charge in [-0.3, -0.25) is 4.79 Å². The normalized spacial score (nSPS) is 11.0. The third kappa shape index (κ3) is 3.29. The highest BCUT2D eigenvalue weighted by molar-refractivity contribution is 6.13. The molecule has 4 nitrogen and oxygen atoms in total. The van der Waals surface area contributed by atoms with Gasteiger partial charge in [-0.05, 0) is 35.9 Å². The molecule has 0 fully saturated rings. The van der Waals surface area contributed by atoms with Gasteiger partial charge in [0.25, 0.3) is 0 Å². The topological polar surface area (TPSA) is 47.8 Å². The van der Waals surface area contributed by atoms with E-state index in [-0.39, 0.29) is 5.78 Å². The van der Waals surface area contributed by atoms with Gasteiger partial charge in [-0.1, -0.05) is 83.6 Å². The van der Waals surface area contributed by atoms with Gasteiger partial charge in [0.1, 0.15) is 5.69 Å². The summed E-state index contributed by atoms with van der Waals surface area (Å²) in [7, 11) is 0. The summed E-state index contributed by atoms with van der Waals surface area (Å²) in [5.41, 5.74) is 4.83. The number of hydrogen-bond acceptors (Lipinski definition) is 3. The number of aryl methyl sites for hydroxylation is 1. The van der Waals surface area contributed by atoms with E-state index < -0.39 is 0 Å². The van der Waals surface area contributed by atoms with Gasteiger partial charge in [0.2, 0.25) is 0 Å². The Morgan fingerprint density at radius 1 is 0.800 bits per heavy atom. The quantitative estimate of drug-likeness (QED) is 0.375. The van der Waals surface area contributed by atoms with Crippen LogP contribution in [-0.2, 0) is 0 Å². The fraction of sp³-hybridized carbons (Fsp3) is 0.0385. The van der Waals surface area contributed by atoms with E-state index in [2.05, 4.69) is 10.3 Å². The van der Waals surface area contributed by atoms with Gasteiger partial charge < -0.3 is 0 Å². The number of rotatable bonds is 4. The first-order valence-electron chi connectivity index (χ1n) is 9.81. The Balaban J connectivity index is 1.54. The summed E-state index contributed by atoms with van der Waals surface area (Å²) in [5.74, 6) is -0.0266. The van der Waals surface area contributed by atoms with Crippen molar-refractivity contribution in [3.8, 4) is 16.9 Å². The number of nitrogens with zero attached hydrogens (tertiary/aromatic N) is 3. The van der Waals surface area contributed by atoms with Crippen LogP contribution in [0.3, 0.4) is 0 Å². The molecule has 5 aromatic rings. The zero-order valence-electron chi connectivity index (χ0n) is 16.5. The molecule has 0 atom stereocenters. The number of benzene rings is 4. The molecule has 1 aromatic heterocycles. The molecule has 0 spiro atoms. The molecule has 0 amide bonds. The van der Waals surface area contributed by atoms with E-state index in [9.17, 15) is 4.79 Å². The Kier molecular flexibility index (Phi) is 4.45. The van der Waals surface area contributed by atoms with Crippen LogP contribution in [0.5, 0.6) is 0 Å². The van der Waals surface area contributed by atoms with Crippen LogP contribution < -0.4 is 0 Å². The highest BCUT2D eigenvalue weighted by atomic mass is 16.1. The largest absolute Gasteiger partial charge is 0.289 e. The summed E-state index contributed by atoms with van der Waals surface area (Å²) in [6.07, 6.45) is 1.86. The second-order valence-corrected chi connectivity index (χ2v) is 7.32. The summed E-state index contributed by atoms with van der Waals surface area (Å²) in [6.45, 7) is 2.05. The molecule has 0 saturated heterocycles. The number of aromatic nitrogens is 3. The van der Waals surface area contributed by atoms with Gasteiger partial charge in [-0.15, -0.1) is 5.10 Å². The van der Waals surface area contributed by atoms with Gasteiger partial charge in [0.15, 0.2) is 5.78 Å². The summed E-state index contributed by atoms with van der Waals surface area (Å²) < 4.78 is 1.73. The van der Waals surface area contributed by atoms with Crippen molar-refractivity contribution in [2.24, 2.45) is 0 Å². The van der Waals surface area contributed by atoms with E-state index in [0.717, 1.165) is 22.0 Å². The SMILES string of the molecule is Cc1ccc(-n2cc(-c3ccccc3C(=O)c3ccc4ccccc4c3)nn2)cc1. The standard InChI is InChI=1S/C26H19N3O/c1-18-10-14-22(15-11-18)29-17-25(27-28-29)23-8-4-5-9-24(23)26(30)21-13-12-19-6-2-3-7-20(19)16-21/h2-17H,1H3. The van der Waals surface area contributed by atoms with Crippen LogP contribution in [0.4, 0.5) is 0 Å². The lowest BCUT2D eigenvalue weighted by molar-refractivity contribution is 0.103. The van der Waals surface area contributed by atoms with Crippen molar-refractivity contribution in [1.82, 2.24) is 15.0 Å². The van der Waals surface area contributed by atoms with Crippen molar-refractivity contribution in [3.05, 3.63) is 114 Å². The Morgan fingerprint density at radius 2 is 1.53 bits per heavy atom. The monoisotopic (exact) mass is 389 g/mol. The molecule has 0 aliphatic heterocycles. The summed E-state index contributed by atoms with van der Waals surface area (Å²) >= 11 is 0. The van der Waals surface area contributed by atoms with Crippen LogP contribution in [-0.4, -0.2) is 20.8 Å². The molecular weight excluding hydrogens is 370 g/mol. The second kappa shape index (κ2) is 7.41. The molecule has 0 radical (unpaired) electrons. The van der Waals surface area contributed by atoms with Crippen LogP contribution in [0, 0.1) is 6.92 Å². The zero-order valence-corrected chi connectivity index (χ0v) is 16.5. The summed E-state index contributed by atoms with van der Waals surface area (Å²) in [5, 5.41) is 10.8. The van der Waals surface area contributed by atoms with Crippen molar-refractivity contribution >= 4 is 16.6 Å². The van der Waals surface area contributed by atoms with Crippen LogP contribution in [0.1, 0.15) is 21.5 Å². The highest BCUT2D eigenvalue weighted by Gasteiger charge is 2.17.